The van der Waals surface area contributed by atoms with Gasteiger partial charge >= 0.3 is 0 Å². The van der Waals surface area contributed by atoms with Crippen LogP contribution in [0.25, 0.3) is 0 Å². The van der Waals surface area contributed by atoms with Crippen LogP contribution in [0.1, 0.15) is 49.2 Å². The molecule has 128 valence electrons. The fraction of sp³-hybridized carbons (Fsp3) is 0.400. The molecule has 0 saturated heterocycles. The summed E-state index contributed by atoms with van der Waals surface area (Å²) in [6.07, 6.45) is 2.58. The Morgan fingerprint density at radius 3 is 2.00 bits per heavy atom. The fourth-order valence-electron chi connectivity index (χ4n) is 2.97. The molecule has 0 radical (unpaired) electrons. The largest absolute Gasteiger partial charge is 0.334 e. The van der Waals surface area contributed by atoms with E-state index in [2.05, 4.69) is 0 Å². The number of benzene rings is 1. The van der Waals surface area contributed by atoms with Crippen LogP contribution in [-0.2, 0) is 13.5 Å². The number of hydrogen-bond acceptors (Lipinski definition) is 2. The van der Waals surface area contributed by atoms with Crippen LogP contribution in [0.5, 0.6) is 0 Å². The van der Waals surface area contributed by atoms with E-state index in [1.54, 1.807) is 17.7 Å². The van der Waals surface area contributed by atoms with Crippen LogP contribution in [0.2, 0.25) is 0 Å². The predicted octanol–water partition coefficient (Wildman–Crippen LogP) is 3.24. The molecule has 1 aromatic carbocycles. The maximum atomic E-state index is 12.7. The van der Waals surface area contributed by atoms with Gasteiger partial charge in [-0.25, -0.2) is 0 Å². The maximum absolute atomic E-state index is 12.7. The van der Waals surface area contributed by atoms with Crippen molar-refractivity contribution in [2.75, 3.05) is 0 Å². The molecule has 0 bridgehead atoms. The van der Waals surface area contributed by atoms with Gasteiger partial charge in [0.25, 0.3) is 5.91 Å². The minimum Gasteiger partial charge on any atom is -0.334 e. The highest BCUT2D eigenvalue weighted by molar-refractivity contribution is 5.94. The first-order chi connectivity index (χ1) is 11.3. The lowest BCUT2D eigenvalue weighted by Crippen LogP contribution is -2.42. The molecule has 0 unspecified atom stereocenters. The molecule has 0 fully saturated rings. The van der Waals surface area contributed by atoms with Gasteiger partial charge in [-0.1, -0.05) is 18.2 Å². The first-order valence-corrected chi connectivity index (χ1v) is 8.36. The second-order valence-electron chi connectivity index (χ2n) is 6.76. The van der Waals surface area contributed by atoms with E-state index < -0.39 is 0 Å². The minimum atomic E-state index is -0.0119. The van der Waals surface area contributed by atoms with Gasteiger partial charge in [0.15, 0.2) is 0 Å². The molecule has 0 aliphatic heterocycles. The van der Waals surface area contributed by atoms with Crippen LogP contribution in [0, 0.1) is 0 Å². The summed E-state index contributed by atoms with van der Waals surface area (Å²) in [4.78, 5) is 26.0. The van der Waals surface area contributed by atoms with E-state index in [9.17, 15) is 9.59 Å². The van der Waals surface area contributed by atoms with Crippen LogP contribution in [0.15, 0.2) is 47.4 Å². The number of amides is 1. The summed E-state index contributed by atoms with van der Waals surface area (Å²) < 4.78 is 1.58. The van der Waals surface area contributed by atoms with E-state index in [-0.39, 0.29) is 23.6 Å². The van der Waals surface area contributed by atoms with Gasteiger partial charge in [0.05, 0.1) is 0 Å². The van der Waals surface area contributed by atoms with Crippen molar-refractivity contribution in [3.63, 3.8) is 0 Å². The molecule has 24 heavy (non-hydrogen) atoms. The number of rotatable bonds is 5. The second-order valence-corrected chi connectivity index (χ2v) is 6.76. The summed E-state index contributed by atoms with van der Waals surface area (Å²) in [5.74, 6) is 0.0636. The van der Waals surface area contributed by atoms with Crippen molar-refractivity contribution >= 4 is 5.91 Å². The van der Waals surface area contributed by atoms with Crippen molar-refractivity contribution in [2.45, 2.75) is 46.2 Å². The van der Waals surface area contributed by atoms with Gasteiger partial charge in [0.2, 0.25) is 5.56 Å². The highest BCUT2D eigenvalue weighted by Crippen LogP contribution is 2.15. The third kappa shape index (κ3) is 4.13. The summed E-state index contributed by atoms with van der Waals surface area (Å²) in [5.41, 5.74) is 2.89. The van der Waals surface area contributed by atoms with Crippen LogP contribution >= 0.6 is 0 Å². The van der Waals surface area contributed by atoms with Crippen molar-refractivity contribution in [3.05, 3.63) is 69.6 Å². The van der Waals surface area contributed by atoms with E-state index in [1.165, 1.54) is 0 Å². The maximum Gasteiger partial charge on any atom is 0.254 e. The van der Waals surface area contributed by atoms with Gasteiger partial charge in [-0.2, -0.15) is 0 Å². The van der Waals surface area contributed by atoms with E-state index in [0.29, 0.717) is 5.56 Å². The zero-order chi connectivity index (χ0) is 17.9. The van der Waals surface area contributed by atoms with Crippen molar-refractivity contribution in [1.82, 2.24) is 9.47 Å². The van der Waals surface area contributed by atoms with Crippen molar-refractivity contribution in [3.8, 4) is 0 Å². The van der Waals surface area contributed by atoms with Gasteiger partial charge in [0.1, 0.15) is 0 Å². The lowest BCUT2D eigenvalue weighted by Gasteiger charge is -2.30. The van der Waals surface area contributed by atoms with Crippen LogP contribution < -0.4 is 5.56 Å². The molecule has 1 aromatic heterocycles. The van der Waals surface area contributed by atoms with E-state index in [1.807, 2.05) is 69.1 Å². The van der Waals surface area contributed by atoms with Crippen molar-refractivity contribution < 1.29 is 4.79 Å². The van der Waals surface area contributed by atoms with Crippen LogP contribution in [0.3, 0.4) is 0 Å². The van der Waals surface area contributed by atoms with E-state index in [4.69, 9.17) is 0 Å². The number of aromatic nitrogens is 1. The molecular weight excluding hydrogens is 300 g/mol. The second kappa shape index (κ2) is 7.47. The standard InChI is InChI=1S/C20H26N2O2/c1-14(2)22(15(3)4)20(24)18-9-6-16(7-10-18)12-17-8-11-19(23)21(5)13-17/h6-11,13-15H,12H2,1-5H3. The average molecular weight is 326 g/mol. The number of carbonyl (C=O) groups excluding carboxylic acids is 1. The summed E-state index contributed by atoms with van der Waals surface area (Å²) in [5, 5.41) is 0. The zero-order valence-corrected chi connectivity index (χ0v) is 15.1. The Bertz CT molecular complexity index is 750. The smallest absolute Gasteiger partial charge is 0.254 e. The number of pyridine rings is 1. The van der Waals surface area contributed by atoms with Gasteiger partial charge in [-0.05, 0) is 57.4 Å². The van der Waals surface area contributed by atoms with Gasteiger partial charge in [-0.15, -0.1) is 0 Å². The summed E-state index contributed by atoms with van der Waals surface area (Å²) in [7, 11) is 1.75. The summed E-state index contributed by atoms with van der Waals surface area (Å²) in [6, 6.07) is 11.5. The molecule has 0 atom stereocenters. The molecular formula is C20H26N2O2. The predicted molar refractivity (Wildman–Crippen MR) is 97.4 cm³/mol. The molecule has 0 aliphatic carbocycles. The lowest BCUT2D eigenvalue weighted by atomic mass is 10.0. The molecule has 0 spiro atoms. The fourth-order valence-corrected chi connectivity index (χ4v) is 2.97. The highest BCUT2D eigenvalue weighted by atomic mass is 16.2. The Kier molecular flexibility index (Phi) is 5.60. The Morgan fingerprint density at radius 1 is 0.958 bits per heavy atom. The normalized spacial score (nSPS) is 11.1. The van der Waals surface area contributed by atoms with Crippen LogP contribution in [0.4, 0.5) is 0 Å². The van der Waals surface area contributed by atoms with Gasteiger partial charge < -0.3 is 9.47 Å². The molecule has 1 amide bonds. The molecule has 4 nitrogen and oxygen atoms in total. The first-order valence-electron chi connectivity index (χ1n) is 8.36. The number of hydrogen-bond donors (Lipinski definition) is 0. The quantitative estimate of drug-likeness (QED) is 0.846. The molecule has 0 aliphatic rings. The number of nitrogens with zero attached hydrogens (tertiary/aromatic N) is 2. The average Bonchev–Trinajstić information content (AvgIpc) is 2.51. The molecule has 4 heteroatoms. The SMILES string of the molecule is CC(C)N(C(=O)c1ccc(Cc2ccc(=O)n(C)c2)cc1)C(C)C. The van der Waals surface area contributed by atoms with E-state index in [0.717, 1.165) is 17.5 Å². The Balaban J connectivity index is 2.16. The molecule has 0 saturated carbocycles. The van der Waals surface area contributed by atoms with Gasteiger partial charge in [0, 0.05) is 37.0 Å². The Morgan fingerprint density at radius 2 is 1.50 bits per heavy atom. The first kappa shape index (κ1) is 18.0. The van der Waals surface area contributed by atoms with Crippen molar-refractivity contribution in [1.29, 1.82) is 0 Å². The lowest BCUT2D eigenvalue weighted by molar-refractivity contribution is 0.0643. The highest BCUT2D eigenvalue weighted by Gasteiger charge is 2.21. The molecule has 0 N–H and O–H groups in total. The van der Waals surface area contributed by atoms with E-state index >= 15 is 0 Å². The topological polar surface area (TPSA) is 42.3 Å². The Hall–Kier alpha value is -2.36. The Labute approximate surface area is 143 Å². The van der Waals surface area contributed by atoms with Crippen molar-refractivity contribution in [2.24, 2.45) is 7.05 Å². The number of aryl methyl sites for hydroxylation is 1. The molecule has 1 heterocycles. The molecule has 2 rings (SSSR count). The monoisotopic (exact) mass is 326 g/mol. The molecule has 2 aromatic rings. The zero-order valence-electron chi connectivity index (χ0n) is 15.1. The minimum absolute atomic E-state index is 0.0119. The third-order valence-electron chi connectivity index (χ3n) is 4.10. The third-order valence-corrected chi connectivity index (χ3v) is 4.10. The van der Waals surface area contributed by atoms with Gasteiger partial charge in [-0.3, -0.25) is 9.59 Å². The summed E-state index contributed by atoms with van der Waals surface area (Å²) >= 11 is 0. The summed E-state index contributed by atoms with van der Waals surface area (Å²) in [6.45, 7) is 8.13. The number of carbonyl (C=O) groups is 1. The van der Waals surface area contributed by atoms with Crippen LogP contribution in [-0.4, -0.2) is 27.5 Å².